The molecule has 3 bridgehead atoms. The maximum atomic E-state index is 13.1. The van der Waals surface area contributed by atoms with Gasteiger partial charge in [0.05, 0.1) is 6.54 Å². The Morgan fingerprint density at radius 2 is 2.10 bits per heavy atom. The van der Waals surface area contributed by atoms with Gasteiger partial charge >= 0.3 is 0 Å². The van der Waals surface area contributed by atoms with E-state index in [0.29, 0.717) is 24.4 Å². The third kappa shape index (κ3) is 2.80. The highest BCUT2D eigenvalue weighted by Gasteiger charge is 2.78. The fourth-order valence-corrected chi connectivity index (χ4v) is 9.78. The number of hydrogen-bond donors (Lipinski definition) is 2. The minimum Gasteiger partial charge on any atom is -0.339 e. The molecule has 1 spiro atoms. The number of aromatic nitrogens is 1. The first kappa shape index (κ1) is 20.1. The molecule has 168 valence electrons. The average Bonchev–Trinajstić information content (AvgIpc) is 3.29. The van der Waals surface area contributed by atoms with E-state index in [0.717, 1.165) is 57.9 Å². The van der Waals surface area contributed by atoms with Gasteiger partial charge in [-0.25, -0.2) is 18.1 Å². The van der Waals surface area contributed by atoms with Crippen LogP contribution in [0.2, 0.25) is 0 Å². The van der Waals surface area contributed by atoms with Crippen molar-refractivity contribution in [1.29, 1.82) is 0 Å². The lowest BCUT2D eigenvalue weighted by Gasteiger charge is -2.58. The number of amides is 1. The molecule has 7 nitrogen and oxygen atoms in total. The number of carbonyl (C=O) groups excluding carboxylic acids is 1. The first-order chi connectivity index (χ1) is 14.8. The van der Waals surface area contributed by atoms with Crippen LogP contribution >= 0.6 is 0 Å². The van der Waals surface area contributed by atoms with Gasteiger partial charge in [0.25, 0.3) is 10.0 Å². The van der Waals surface area contributed by atoms with Crippen LogP contribution in [0.5, 0.6) is 0 Å². The van der Waals surface area contributed by atoms with Gasteiger partial charge in [-0.1, -0.05) is 6.07 Å². The van der Waals surface area contributed by atoms with E-state index < -0.39 is 10.0 Å². The molecule has 2 N–H and O–H groups in total. The Kier molecular flexibility index (Phi) is 4.23. The number of fused-ring (bicyclic) bond motifs is 2. The zero-order valence-corrected chi connectivity index (χ0v) is 19.0. The van der Waals surface area contributed by atoms with Crippen LogP contribution in [0, 0.1) is 17.3 Å². The van der Waals surface area contributed by atoms with Crippen molar-refractivity contribution in [3.8, 4) is 0 Å². The monoisotopic (exact) mass is 444 g/mol. The fourth-order valence-electron chi connectivity index (χ4n) is 8.34. The number of hydrogen-bond acceptors (Lipinski definition) is 5. The molecular weight excluding hydrogens is 412 g/mol. The molecule has 1 saturated heterocycles. The second kappa shape index (κ2) is 6.51. The van der Waals surface area contributed by atoms with Gasteiger partial charge in [-0.05, 0) is 87.7 Å². The molecule has 0 aromatic carbocycles. The lowest BCUT2D eigenvalue weighted by molar-refractivity contribution is -0.131. The molecule has 1 amide bonds. The SMILES string of the molecule is C[C@@H]1CCCN1C(=O)CNC12CC3CC4(NS(=O)(=O)c5ccccn5)CC(C1)C4(C3)C2. The summed E-state index contributed by atoms with van der Waals surface area (Å²) in [5, 5.41) is 3.82. The summed E-state index contributed by atoms with van der Waals surface area (Å²) in [6.45, 7) is 3.43. The predicted octanol–water partition coefficient (Wildman–Crippen LogP) is 2.05. The summed E-state index contributed by atoms with van der Waals surface area (Å²) in [6.07, 6.45) is 9.78. The van der Waals surface area contributed by atoms with Crippen molar-refractivity contribution in [2.45, 2.75) is 80.4 Å². The van der Waals surface area contributed by atoms with E-state index in [1.165, 1.54) is 6.20 Å². The van der Waals surface area contributed by atoms with Crippen molar-refractivity contribution >= 4 is 15.9 Å². The first-order valence-corrected chi connectivity index (χ1v) is 13.2. The van der Waals surface area contributed by atoms with Gasteiger partial charge in [-0.15, -0.1) is 0 Å². The molecule has 0 radical (unpaired) electrons. The summed E-state index contributed by atoms with van der Waals surface area (Å²) in [4.78, 5) is 18.9. The van der Waals surface area contributed by atoms with Crippen LogP contribution in [0.15, 0.2) is 29.4 Å². The molecule has 2 heterocycles. The maximum absolute atomic E-state index is 13.1. The van der Waals surface area contributed by atoms with E-state index in [9.17, 15) is 13.2 Å². The Morgan fingerprint density at radius 1 is 1.23 bits per heavy atom. The van der Waals surface area contributed by atoms with Gasteiger partial charge in [-0.3, -0.25) is 4.79 Å². The lowest BCUT2D eigenvalue weighted by atomic mass is 9.51. The number of likely N-dealkylation sites (tertiary alicyclic amines) is 1. The molecule has 4 aliphatic carbocycles. The van der Waals surface area contributed by atoms with E-state index in [4.69, 9.17) is 0 Å². The van der Waals surface area contributed by atoms with Crippen LogP contribution < -0.4 is 10.0 Å². The van der Waals surface area contributed by atoms with E-state index in [-0.39, 0.29) is 27.4 Å². The van der Waals surface area contributed by atoms with Crippen molar-refractivity contribution in [3.63, 3.8) is 0 Å². The quantitative estimate of drug-likeness (QED) is 0.701. The Morgan fingerprint density at radius 3 is 2.84 bits per heavy atom. The summed E-state index contributed by atoms with van der Waals surface area (Å²) in [5.74, 6) is 1.27. The van der Waals surface area contributed by atoms with Gasteiger partial charge in [0, 0.05) is 29.9 Å². The summed E-state index contributed by atoms with van der Waals surface area (Å²) < 4.78 is 29.4. The lowest BCUT2D eigenvalue weighted by Crippen LogP contribution is -2.67. The zero-order valence-electron chi connectivity index (χ0n) is 18.1. The van der Waals surface area contributed by atoms with Crippen molar-refractivity contribution in [2.75, 3.05) is 13.1 Å². The maximum Gasteiger partial charge on any atom is 0.258 e. The molecule has 1 aliphatic heterocycles. The van der Waals surface area contributed by atoms with Gasteiger partial charge < -0.3 is 10.2 Å². The van der Waals surface area contributed by atoms with E-state index in [1.807, 2.05) is 4.90 Å². The highest BCUT2D eigenvalue weighted by Crippen LogP contribution is 2.78. The summed E-state index contributed by atoms with van der Waals surface area (Å²) in [5.41, 5.74) is -0.318. The van der Waals surface area contributed by atoms with Crippen LogP contribution in [0.25, 0.3) is 0 Å². The first-order valence-electron chi connectivity index (χ1n) is 11.8. The summed E-state index contributed by atoms with van der Waals surface area (Å²) in [6, 6.07) is 5.37. The topological polar surface area (TPSA) is 91.4 Å². The molecule has 4 saturated carbocycles. The Bertz CT molecular complexity index is 1010. The van der Waals surface area contributed by atoms with Crippen LogP contribution in [-0.4, -0.2) is 54.4 Å². The number of carbonyl (C=O) groups is 1. The zero-order chi connectivity index (χ0) is 21.5. The smallest absolute Gasteiger partial charge is 0.258 e. The summed E-state index contributed by atoms with van der Waals surface area (Å²) in [7, 11) is -3.64. The normalized spacial score (nSPS) is 42.6. The molecule has 1 aromatic rings. The van der Waals surface area contributed by atoms with Crippen LogP contribution in [-0.2, 0) is 14.8 Å². The minimum atomic E-state index is -3.64. The Labute approximate surface area is 184 Å². The van der Waals surface area contributed by atoms with E-state index in [1.54, 1.807) is 18.2 Å². The molecule has 5 aliphatic rings. The summed E-state index contributed by atoms with van der Waals surface area (Å²) >= 11 is 0. The predicted molar refractivity (Wildman–Crippen MR) is 116 cm³/mol. The third-order valence-corrected chi connectivity index (χ3v) is 10.8. The fraction of sp³-hybridized carbons (Fsp3) is 0.739. The van der Waals surface area contributed by atoms with Gasteiger partial charge in [0.15, 0.2) is 5.03 Å². The Balaban J connectivity index is 1.20. The van der Waals surface area contributed by atoms with Crippen LogP contribution in [0.3, 0.4) is 0 Å². The van der Waals surface area contributed by atoms with E-state index in [2.05, 4.69) is 21.9 Å². The van der Waals surface area contributed by atoms with Gasteiger partial charge in [0.2, 0.25) is 5.91 Å². The highest BCUT2D eigenvalue weighted by atomic mass is 32.2. The molecule has 6 atom stereocenters. The van der Waals surface area contributed by atoms with Crippen molar-refractivity contribution in [3.05, 3.63) is 24.4 Å². The number of sulfonamides is 1. The molecule has 8 heteroatoms. The van der Waals surface area contributed by atoms with E-state index >= 15 is 0 Å². The molecular formula is C23H32N4O3S. The highest BCUT2D eigenvalue weighted by molar-refractivity contribution is 7.89. The average molecular weight is 445 g/mol. The second-order valence-corrected chi connectivity index (χ2v) is 12.6. The molecule has 1 aromatic heterocycles. The van der Waals surface area contributed by atoms with Gasteiger partial charge in [-0.2, -0.15) is 0 Å². The number of nitrogens with zero attached hydrogens (tertiary/aromatic N) is 2. The number of pyridine rings is 1. The van der Waals surface area contributed by atoms with Gasteiger partial charge in [0.1, 0.15) is 0 Å². The Hall–Kier alpha value is -1.51. The second-order valence-electron chi connectivity index (χ2n) is 11.0. The molecule has 5 fully saturated rings. The number of rotatable bonds is 6. The van der Waals surface area contributed by atoms with Crippen molar-refractivity contribution in [2.24, 2.45) is 17.3 Å². The number of nitrogens with one attached hydrogen (secondary N) is 2. The largest absolute Gasteiger partial charge is 0.339 e. The van der Waals surface area contributed by atoms with Crippen LogP contribution in [0.4, 0.5) is 0 Å². The minimum absolute atomic E-state index is 0.0130. The van der Waals surface area contributed by atoms with Crippen molar-refractivity contribution < 1.29 is 13.2 Å². The molecule has 5 unspecified atom stereocenters. The van der Waals surface area contributed by atoms with Crippen LogP contribution in [0.1, 0.15) is 58.3 Å². The third-order valence-electron chi connectivity index (χ3n) is 9.32. The molecule has 6 rings (SSSR count). The standard InChI is InChI=1S/C23H32N4O3S/c1-16-5-4-8-27(16)20(28)14-25-21-9-17-10-22(15-21)18(12-21)13-23(22,11-17)26-31(29,30)19-6-2-3-7-24-19/h2-3,6-7,16-18,25-26H,4-5,8-15H2,1H3/t16-,17?,18?,21?,22?,23?/m1/s1. The van der Waals surface area contributed by atoms with Crippen molar-refractivity contribution in [1.82, 2.24) is 19.9 Å². The molecule has 31 heavy (non-hydrogen) atoms.